The monoisotopic (exact) mass is 379 g/mol. The molecule has 0 saturated heterocycles. The van der Waals surface area contributed by atoms with Crippen molar-refractivity contribution in [1.29, 1.82) is 0 Å². The molecule has 0 aromatic heterocycles. The number of carbonyl (C=O) groups excluding carboxylic acids is 2. The van der Waals surface area contributed by atoms with Gasteiger partial charge in [0.1, 0.15) is 6.04 Å². The minimum Gasteiger partial charge on any atom is -0.504 e. The zero-order chi connectivity index (χ0) is 20.6. The molecule has 2 atom stereocenters. The van der Waals surface area contributed by atoms with Gasteiger partial charge in [-0.2, -0.15) is 0 Å². The van der Waals surface area contributed by atoms with Crippen LogP contribution >= 0.6 is 0 Å². The minimum atomic E-state index is -0.635. The van der Waals surface area contributed by atoms with Crippen LogP contribution in [-0.2, 0) is 16.0 Å². The molecule has 0 radical (unpaired) electrons. The number of benzene rings is 1. The SMILES string of the molecule is CC(C)C[C@H](NC(=O)[C@@H](N)CC(C)C)C(=O)NCCc1ccc(O)c(O)c1. The molecule has 0 heterocycles. The van der Waals surface area contributed by atoms with Gasteiger partial charge >= 0.3 is 0 Å². The number of nitrogens with one attached hydrogen (secondary N) is 2. The maximum absolute atomic E-state index is 12.5. The fourth-order valence-electron chi connectivity index (χ4n) is 2.77. The van der Waals surface area contributed by atoms with Crippen LogP contribution in [0.4, 0.5) is 0 Å². The third kappa shape index (κ3) is 8.30. The molecule has 1 aromatic rings. The van der Waals surface area contributed by atoms with Crippen molar-refractivity contribution in [3.63, 3.8) is 0 Å². The fourth-order valence-corrected chi connectivity index (χ4v) is 2.77. The van der Waals surface area contributed by atoms with Gasteiger partial charge in [-0.3, -0.25) is 9.59 Å². The Morgan fingerprint density at radius 3 is 2.19 bits per heavy atom. The maximum atomic E-state index is 12.5. The normalized spacial score (nSPS) is 13.4. The summed E-state index contributed by atoms with van der Waals surface area (Å²) in [6, 6.07) is 3.28. The lowest BCUT2D eigenvalue weighted by atomic mass is 10.0. The van der Waals surface area contributed by atoms with Crippen molar-refractivity contribution in [3.05, 3.63) is 23.8 Å². The van der Waals surface area contributed by atoms with Crippen LogP contribution in [0, 0.1) is 11.8 Å². The highest BCUT2D eigenvalue weighted by molar-refractivity contribution is 5.89. The van der Waals surface area contributed by atoms with Crippen LogP contribution in [0.2, 0.25) is 0 Å². The van der Waals surface area contributed by atoms with Crippen molar-refractivity contribution in [2.45, 2.75) is 59.0 Å². The summed E-state index contributed by atoms with van der Waals surface area (Å²) in [6.45, 7) is 8.31. The summed E-state index contributed by atoms with van der Waals surface area (Å²) in [7, 11) is 0. The number of hydrogen-bond donors (Lipinski definition) is 5. The Bertz CT molecular complexity index is 632. The van der Waals surface area contributed by atoms with E-state index in [1.807, 2.05) is 27.7 Å². The Morgan fingerprint density at radius 1 is 1.00 bits per heavy atom. The Hall–Kier alpha value is -2.28. The van der Waals surface area contributed by atoms with Crippen molar-refractivity contribution in [2.75, 3.05) is 6.54 Å². The van der Waals surface area contributed by atoms with E-state index in [0.29, 0.717) is 31.7 Å². The Labute approximate surface area is 161 Å². The molecule has 0 bridgehead atoms. The Kier molecular flexibility index (Phi) is 9.08. The second-order valence-corrected chi connectivity index (χ2v) is 7.79. The van der Waals surface area contributed by atoms with Gasteiger partial charge in [0.05, 0.1) is 6.04 Å². The van der Waals surface area contributed by atoms with E-state index in [-0.39, 0.29) is 29.2 Å². The van der Waals surface area contributed by atoms with Gasteiger partial charge in [-0.15, -0.1) is 0 Å². The van der Waals surface area contributed by atoms with E-state index in [0.717, 1.165) is 5.56 Å². The van der Waals surface area contributed by atoms with Gasteiger partial charge in [0.15, 0.2) is 11.5 Å². The van der Waals surface area contributed by atoms with Gasteiger partial charge in [-0.1, -0.05) is 33.8 Å². The van der Waals surface area contributed by atoms with E-state index in [4.69, 9.17) is 5.73 Å². The molecular formula is C20H33N3O4. The molecule has 152 valence electrons. The number of phenolic OH excluding ortho intramolecular Hbond substituents is 2. The molecule has 7 nitrogen and oxygen atoms in total. The molecule has 0 aliphatic heterocycles. The molecule has 0 fully saturated rings. The van der Waals surface area contributed by atoms with Gasteiger partial charge in [0, 0.05) is 6.54 Å². The second-order valence-electron chi connectivity index (χ2n) is 7.79. The first-order chi connectivity index (χ1) is 12.6. The largest absolute Gasteiger partial charge is 0.504 e. The summed E-state index contributed by atoms with van der Waals surface area (Å²) in [4.78, 5) is 24.8. The smallest absolute Gasteiger partial charge is 0.242 e. The van der Waals surface area contributed by atoms with Gasteiger partial charge in [-0.25, -0.2) is 0 Å². The molecule has 0 aliphatic rings. The van der Waals surface area contributed by atoms with E-state index >= 15 is 0 Å². The van der Waals surface area contributed by atoms with Crippen LogP contribution in [0.3, 0.4) is 0 Å². The summed E-state index contributed by atoms with van der Waals surface area (Å²) in [5.41, 5.74) is 6.70. The third-order valence-corrected chi connectivity index (χ3v) is 4.15. The predicted octanol–water partition coefficient (Wildman–Crippen LogP) is 1.66. The van der Waals surface area contributed by atoms with Crippen LogP contribution < -0.4 is 16.4 Å². The van der Waals surface area contributed by atoms with Crippen molar-refractivity contribution >= 4 is 11.8 Å². The molecule has 6 N–H and O–H groups in total. The first-order valence-corrected chi connectivity index (χ1v) is 9.44. The van der Waals surface area contributed by atoms with Crippen molar-refractivity contribution in [2.24, 2.45) is 17.6 Å². The average Bonchev–Trinajstić information content (AvgIpc) is 2.56. The number of hydrogen-bond acceptors (Lipinski definition) is 5. The molecule has 1 aromatic carbocycles. The zero-order valence-corrected chi connectivity index (χ0v) is 16.7. The topological polar surface area (TPSA) is 125 Å². The average molecular weight is 380 g/mol. The summed E-state index contributed by atoms with van der Waals surface area (Å²) in [5, 5.41) is 24.4. The fraction of sp³-hybridized carbons (Fsp3) is 0.600. The highest BCUT2D eigenvalue weighted by atomic mass is 16.3. The summed E-state index contributed by atoms with van der Waals surface area (Å²) >= 11 is 0. The summed E-state index contributed by atoms with van der Waals surface area (Å²) < 4.78 is 0. The maximum Gasteiger partial charge on any atom is 0.242 e. The van der Waals surface area contributed by atoms with Crippen molar-refractivity contribution in [3.8, 4) is 11.5 Å². The van der Waals surface area contributed by atoms with Crippen molar-refractivity contribution < 1.29 is 19.8 Å². The van der Waals surface area contributed by atoms with E-state index < -0.39 is 12.1 Å². The lowest BCUT2D eigenvalue weighted by Gasteiger charge is -2.22. The number of phenols is 2. The molecular weight excluding hydrogens is 346 g/mol. The first-order valence-electron chi connectivity index (χ1n) is 9.44. The van der Waals surface area contributed by atoms with E-state index in [1.54, 1.807) is 6.07 Å². The van der Waals surface area contributed by atoms with Gasteiger partial charge < -0.3 is 26.6 Å². The number of carbonyl (C=O) groups is 2. The molecule has 0 saturated carbocycles. The number of amides is 2. The van der Waals surface area contributed by atoms with Gasteiger partial charge in [0.2, 0.25) is 11.8 Å². The van der Waals surface area contributed by atoms with Gasteiger partial charge in [0.25, 0.3) is 0 Å². The molecule has 0 aliphatic carbocycles. The van der Waals surface area contributed by atoms with Crippen LogP contribution in [0.5, 0.6) is 11.5 Å². The van der Waals surface area contributed by atoms with E-state index in [1.165, 1.54) is 12.1 Å². The summed E-state index contributed by atoms with van der Waals surface area (Å²) in [6.07, 6.45) is 1.58. The van der Waals surface area contributed by atoms with E-state index in [9.17, 15) is 19.8 Å². The Morgan fingerprint density at radius 2 is 1.63 bits per heavy atom. The quantitative estimate of drug-likeness (QED) is 0.395. The molecule has 1 rings (SSSR count). The third-order valence-electron chi connectivity index (χ3n) is 4.15. The molecule has 27 heavy (non-hydrogen) atoms. The van der Waals surface area contributed by atoms with Crippen LogP contribution in [0.15, 0.2) is 18.2 Å². The second kappa shape index (κ2) is 10.8. The standard InChI is InChI=1S/C20H33N3O4/c1-12(2)9-15(21)19(26)23-16(10-13(3)4)20(27)22-8-7-14-5-6-17(24)18(25)11-14/h5-6,11-13,15-16,24-25H,7-10,21H2,1-4H3,(H,22,27)(H,23,26)/t15-,16-/m0/s1. The molecule has 0 unspecified atom stereocenters. The highest BCUT2D eigenvalue weighted by Gasteiger charge is 2.24. The number of rotatable bonds is 10. The minimum absolute atomic E-state index is 0.180. The number of aromatic hydroxyl groups is 2. The number of nitrogens with two attached hydrogens (primary N) is 1. The van der Waals surface area contributed by atoms with Crippen LogP contribution in [-0.4, -0.2) is 40.7 Å². The zero-order valence-electron chi connectivity index (χ0n) is 16.7. The van der Waals surface area contributed by atoms with Crippen molar-refractivity contribution in [1.82, 2.24) is 10.6 Å². The molecule has 7 heteroatoms. The highest BCUT2D eigenvalue weighted by Crippen LogP contribution is 2.24. The van der Waals surface area contributed by atoms with Crippen LogP contribution in [0.25, 0.3) is 0 Å². The van der Waals surface area contributed by atoms with Gasteiger partial charge in [-0.05, 0) is 48.8 Å². The first kappa shape index (κ1) is 22.8. The summed E-state index contributed by atoms with van der Waals surface area (Å²) in [5.74, 6) is -0.408. The van der Waals surface area contributed by atoms with Crippen LogP contribution in [0.1, 0.15) is 46.1 Å². The Balaban J connectivity index is 2.60. The lowest BCUT2D eigenvalue weighted by Crippen LogP contribution is -2.52. The predicted molar refractivity (Wildman–Crippen MR) is 105 cm³/mol. The molecule has 2 amide bonds. The van der Waals surface area contributed by atoms with E-state index in [2.05, 4.69) is 10.6 Å². The lowest BCUT2D eigenvalue weighted by molar-refractivity contribution is -0.130. The molecule has 0 spiro atoms.